The second-order valence-electron chi connectivity index (χ2n) is 23.6. The predicted octanol–water partition coefficient (Wildman–Crippen LogP) is 16.5. The van der Waals surface area contributed by atoms with Gasteiger partial charge < -0.3 is 20.8 Å². The van der Waals surface area contributed by atoms with Gasteiger partial charge in [0.05, 0.1) is 41.2 Å². The first-order valence-corrected chi connectivity index (χ1v) is 34.2. The summed E-state index contributed by atoms with van der Waals surface area (Å²) in [5.74, 6) is -2.80. The Hall–Kier alpha value is -0.340. The SMILES string of the molecule is CC1(C)Sc2c(c(C(c3c4c(c(C(=O)O)c5c3SC(C)(C)S5)SC(C)(C)S4)c3c4c(c(C(=O)NCCC(=O)NC5CC(C)(C)N([O])C(C)(C)C5)c5c3SC(C)(C)S5)SC(C)(C)S4)c3c(c2C(=O)O)SC(C)(C)S3)S1. The molecule has 0 aliphatic carbocycles. The number of aromatic carboxylic acids is 2. The largest absolute Gasteiger partial charge is 0.478 e. The lowest BCUT2D eigenvalue weighted by atomic mass is 9.79. The summed E-state index contributed by atoms with van der Waals surface area (Å²) in [6, 6.07) is -0.172. The van der Waals surface area contributed by atoms with Crippen molar-refractivity contribution < 1.29 is 34.6 Å². The summed E-state index contributed by atoms with van der Waals surface area (Å²) in [6.07, 6.45) is 1.13. The molecule has 0 atom stereocenters. The number of nitrogens with one attached hydrogen (secondary N) is 2. The zero-order valence-electron chi connectivity index (χ0n) is 44.3. The predicted molar refractivity (Wildman–Crippen MR) is 318 cm³/mol. The Morgan fingerprint density at radius 2 is 0.716 bits per heavy atom. The molecule has 0 bridgehead atoms. The standard InChI is InChI=1S/C52H62N3O7S12/c1-45(2)19-21(20-46(3,4)55(45)62)54-22(56)17-18-53-42(57)27-36-30(63-47(5,6)69-36)24(31-37(27)70-48(7,8)64-31)23(25-32-38(71-49(9,10)65-32)28(43(58)59)39-33(25)66-50(11,12)72-39)26-34-40(73-51(13,14)67-34)29(44(60)61)41-35(26)68-52(15,16)74-41/h21,23H,17-20H2,1-16H3,(H,53,57)(H,54,56)(H,58,59)(H,60,61). The molecule has 22 heteroatoms. The van der Waals surface area contributed by atoms with Crippen LogP contribution in [0.2, 0.25) is 0 Å². The molecule has 7 aliphatic heterocycles. The normalized spacial score (nSPS) is 23.5. The Kier molecular flexibility index (Phi) is 14.5. The van der Waals surface area contributed by atoms with E-state index in [1.54, 1.807) is 141 Å². The number of amides is 2. The van der Waals surface area contributed by atoms with Gasteiger partial charge in [-0.15, -0.1) is 151 Å². The van der Waals surface area contributed by atoms with Crippen LogP contribution in [0.3, 0.4) is 0 Å². The third kappa shape index (κ3) is 10.2. The van der Waals surface area contributed by atoms with Crippen molar-refractivity contribution in [2.45, 2.75) is 236 Å². The van der Waals surface area contributed by atoms with E-state index in [2.05, 4.69) is 93.7 Å². The van der Waals surface area contributed by atoms with Gasteiger partial charge in [-0.25, -0.2) is 9.59 Å². The van der Waals surface area contributed by atoms with Crippen LogP contribution in [0, 0.1) is 0 Å². The Labute approximate surface area is 486 Å². The van der Waals surface area contributed by atoms with Crippen LogP contribution in [0.15, 0.2) is 58.7 Å². The lowest BCUT2D eigenvalue weighted by molar-refractivity contribution is -0.290. The van der Waals surface area contributed by atoms with Gasteiger partial charge >= 0.3 is 11.9 Å². The molecule has 3 aromatic rings. The molecule has 10 rings (SSSR count). The van der Waals surface area contributed by atoms with E-state index in [4.69, 9.17) is 0 Å². The molecule has 0 spiro atoms. The van der Waals surface area contributed by atoms with Crippen molar-refractivity contribution in [2.75, 3.05) is 6.54 Å². The molecule has 10 nitrogen and oxygen atoms in total. The van der Waals surface area contributed by atoms with Gasteiger partial charge in [-0.2, -0.15) is 0 Å². The van der Waals surface area contributed by atoms with Crippen LogP contribution in [-0.2, 0) is 10.0 Å². The van der Waals surface area contributed by atoms with Crippen LogP contribution >= 0.6 is 141 Å². The zero-order chi connectivity index (χ0) is 54.2. The Balaban J connectivity index is 1.21. The number of hydrogen-bond acceptors (Lipinski definition) is 17. The first-order chi connectivity index (χ1) is 33.9. The molecular formula is C52H62N3O7S12. The topological polar surface area (TPSA) is 156 Å². The van der Waals surface area contributed by atoms with E-state index >= 15 is 4.79 Å². The number of benzene rings is 3. The van der Waals surface area contributed by atoms with Gasteiger partial charge in [-0.05, 0) is 140 Å². The summed E-state index contributed by atoms with van der Waals surface area (Å²) < 4.78 is -2.39. The summed E-state index contributed by atoms with van der Waals surface area (Å²) in [7, 11) is 0. The van der Waals surface area contributed by atoms with Crippen LogP contribution in [0.25, 0.3) is 0 Å². The minimum absolute atomic E-state index is 0.0801. The molecule has 7 heterocycles. The van der Waals surface area contributed by atoms with Crippen molar-refractivity contribution in [3.8, 4) is 0 Å². The summed E-state index contributed by atoms with van der Waals surface area (Å²) in [6.45, 7) is 33.9. The minimum atomic E-state index is -0.943. The molecule has 0 aromatic heterocycles. The minimum Gasteiger partial charge on any atom is -0.478 e. The summed E-state index contributed by atoms with van der Waals surface area (Å²) in [5, 5.41) is 43.1. The number of nitrogens with zero attached hydrogens (tertiary/aromatic N) is 1. The van der Waals surface area contributed by atoms with E-state index in [9.17, 15) is 29.8 Å². The van der Waals surface area contributed by atoms with Crippen LogP contribution in [-0.4, -0.2) is 87.2 Å². The lowest BCUT2D eigenvalue weighted by Gasteiger charge is -2.50. The Morgan fingerprint density at radius 1 is 0.459 bits per heavy atom. The lowest BCUT2D eigenvalue weighted by Crippen LogP contribution is -2.62. The highest BCUT2D eigenvalue weighted by Crippen LogP contribution is 2.75. The van der Waals surface area contributed by atoms with Gasteiger partial charge in [-0.1, -0.05) is 0 Å². The van der Waals surface area contributed by atoms with E-state index in [0.717, 1.165) is 80.5 Å². The second kappa shape index (κ2) is 18.9. The number of piperidine rings is 1. The molecule has 7 aliphatic rings. The molecule has 2 amide bonds. The number of hydroxylamine groups is 2. The molecule has 74 heavy (non-hydrogen) atoms. The first-order valence-electron chi connectivity index (χ1n) is 24.4. The highest BCUT2D eigenvalue weighted by molar-refractivity contribution is 8.23. The maximum atomic E-state index is 15.2. The average Bonchev–Trinajstić information content (AvgIpc) is 4.04. The number of carboxylic acids is 2. The maximum absolute atomic E-state index is 15.2. The molecule has 1 fully saturated rings. The van der Waals surface area contributed by atoms with Crippen molar-refractivity contribution in [1.29, 1.82) is 0 Å². The van der Waals surface area contributed by atoms with Crippen molar-refractivity contribution >= 4 is 165 Å². The fraction of sp³-hybridized carbons (Fsp3) is 0.577. The third-order valence-corrected chi connectivity index (χ3v) is 30.5. The number of rotatable bonds is 10. The number of carbonyl (C=O) groups is 4. The summed E-state index contributed by atoms with van der Waals surface area (Å²) in [4.78, 5) is 67.0. The maximum Gasteiger partial charge on any atom is 0.338 e. The van der Waals surface area contributed by atoms with E-state index in [1.165, 1.54) is 0 Å². The van der Waals surface area contributed by atoms with Crippen molar-refractivity contribution in [3.63, 3.8) is 0 Å². The average molecular weight is 1230 g/mol. The molecule has 399 valence electrons. The van der Waals surface area contributed by atoms with Gasteiger partial charge in [0.25, 0.3) is 5.91 Å². The quantitative estimate of drug-likeness (QED) is 0.142. The van der Waals surface area contributed by atoms with Crippen molar-refractivity contribution in [3.05, 3.63) is 33.4 Å². The fourth-order valence-electron chi connectivity index (χ4n) is 11.2. The summed E-state index contributed by atoms with van der Waals surface area (Å²) >= 11 is 20.3. The van der Waals surface area contributed by atoms with Crippen molar-refractivity contribution in [1.82, 2.24) is 15.7 Å². The highest BCUT2D eigenvalue weighted by Gasteiger charge is 2.54. The van der Waals surface area contributed by atoms with Gasteiger partial charge in [0.2, 0.25) is 5.91 Å². The molecule has 3 aromatic carbocycles. The van der Waals surface area contributed by atoms with Gasteiger partial charge in [0, 0.05) is 94.7 Å². The molecule has 1 saturated heterocycles. The molecular weight excluding hydrogens is 1160 g/mol. The van der Waals surface area contributed by atoms with Crippen LogP contribution < -0.4 is 10.6 Å². The van der Waals surface area contributed by atoms with Crippen LogP contribution in [0.4, 0.5) is 0 Å². The smallest absolute Gasteiger partial charge is 0.338 e. The molecule has 0 unspecified atom stereocenters. The Morgan fingerprint density at radius 3 is 0.986 bits per heavy atom. The van der Waals surface area contributed by atoms with Gasteiger partial charge in [0.15, 0.2) is 0 Å². The van der Waals surface area contributed by atoms with E-state index in [0.29, 0.717) is 29.5 Å². The molecule has 1 radical (unpaired) electrons. The molecule has 0 saturated carbocycles. The number of hydrogen-bond donors (Lipinski definition) is 4. The van der Waals surface area contributed by atoms with E-state index in [-0.39, 0.29) is 30.8 Å². The summed E-state index contributed by atoms with van der Waals surface area (Å²) in [5.41, 5.74) is 3.26. The first kappa shape index (κ1) is 56.9. The Bertz CT molecular complexity index is 2770. The van der Waals surface area contributed by atoms with Crippen molar-refractivity contribution in [2.24, 2.45) is 0 Å². The van der Waals surface area contributed by atoms with Crippen LogP contribution in [0.1, 0.15) is 184 Å². The highest BCUT2D eigenvalue weighted by atomic mass is 32.2. The number of carboxylic acid groups (broad SMARTS) is 2. The van der Waals surface area contributed by atoms with Gasteiger partial charge in [0.1, 0.15) is 0 Å². The van der Waals surface area contributed by atoms with E-state index < -0.39 is 53.4 Å². The zero-order valence-corrected chi connectivity index (χ0v) is 54.1. The molecule has 4 N–H and O–H groups in total. The van der Waals surface area contributed by atoms with Gasteiger partial charge in [-0.3, -0.25) is 9.59 Å². The third-order valence-electron chi connectivity index (χ3n) is 13.4. The van der Waals surface area contributed by atoms with E-state index in [1.807, 2.05) is 27.7 Å². The monoisotopic (exact) mass is 1220 g/mol. The fourth-order valence-corrected chi connectivity index (χ4v) is 29.1. The number of fused-ring (bicyclic) bond motifs is 6. The second-order valence-corrected chi connectivity index (χ2v) is 44.7. The number of carbonyl (C=O) groups excluding carboxylic acids is 2. The van der Waals surface area contributed by atoms with Crippen LogP contribution in [0.5, 0.6) is 0 Å². The number of thioether (sulfide) groups is 12.